The number of aromatic carboxylic acids is 1. The van der Waals surface area contributed by atoms with E-state index in [0.29, 0.717) is 40.0 Å². The quantitative estimate of drug-likeness (QED) is 0.192. The highest BCUT2D eigenvalue weighted by atomic mass is 35.5. The Kier molecular flexibility index (Phi) is 9.36. The van der Waals surface area contributed by atoms with Gasteiger partial charge in [-0.25, -0.2) is 9.59 Å². The standard InChI is InChI=1S/C16H18ClNO3.C12H10ClNO3/c1-10-13(15(19)20-16(2,3)4)14(21-18-10)12-7-5-11(9-17)6-8-12;1-7-10(12(15)16)11(17-14-7)9-4-2-8(6-13)3-5-9/h5-8H,9H2,1-4H3;2-5H,6H2,1H3,(H,15,16). The molecule has 2 heterocycles. The van der Waals surface area contributed by atoms with Gasteiger partial charge >= 0.3 is 11.9 Å². The zero-order valence-corrected chi connectivity index (χ0v) is 23.2. The van der Waals surface area contributed by atoms with E-state index in [1.165, 1.54) is 0 Å². The van der Waals surface area contributed by atoms with Crippen molar-refractivity contribution >= 4 is 35.1 Å². The van der Waals surface area contributed by atoms with Crippen LogP contribution in [0.25, 0.3) is 22.6 Å². The van der Waals surface area contributed by atoms with E-state index in [0.717, 1.165) is 16.7 Å². The molecule has 4 rings (SSSR count). The van der Waals surface area contributed by atoms with Crippen LogP contribution >= 0.6 is 23.2 Å². The number of halogens is 2. The molecule has 0 fully saturated rings. The van der Waals surface area contributed by atoms with Crippen LogP contribution in [0.15, 0.2) is 57.6 Å². The third-order valence-corrected chi connectivity index (χ3v) is 5.90. The van der Waals surface area contributed by atoms with Crippen LogP contribution in [0.3, 0.4) is 0 Å². The van der Waals surface area contributed by atoms with Gasteiger partial charge in [0.2, 0.25) is 0 Å². The Hall–Kier alpha value is -3.62. The second-order valence-electron chi connectivity index (χ2n) is 9.41. The maximum atomic E-state index is 12.3. The van der Waals surface area contributed by atoms with Crippen molar-refractivity contribution in [3.63, 3.8) is 0 Å². The second kappa shape index (κ2) is 12.3. The van der Waals surface area contributed by atoms with Crippen LogP contribution in [0.5, 0.6) is 0 Å². The lowest BCUT2D eigenvalue weighted by molar-refractivity contribution is 0.00690. The molecule has 4 aromatic rings. The first kappa shape index (κ1) is 28.9. The minimum atomic E-state index is -1.04. The number of hydrogen-bond donors (Lipinski definition) is 1. The van der Waals surface area contributed by atoms with E-state index in [4.69, 9.17) is 42.1 Å². The Balaban J connectivity index is 0.000000215. The third-order valence-electron chi connectivity index (χ3n) is 5.28. The second-order valence-corrected chi connectivity index (χ2v) is 9.95. The number of nitrogens with zero attached hydrogens (tertiary/aromatic N) is 2. The van der Waals surface area contributed by atoms with Crippen LogP contribution in [0.1, 0.15) is 64.0 Å². The predicted molar refractivity (Wildman–Crippen MR) is 145 cm³/mol. The van der Waals surface area contributed by atoms with Crippen molar-refractivity contribution in [1.29, 1.82) is 0 Å². The Bertz CT molecular complexity index is 1400. The molecule has 2 aromatic carbocycles. The van der Waals surface area contributed by atoms with E-state index in [1.807, 2.05) is 57.2 Å². The van der Waals surface area contributed by atoms with Crippen LogP contribution in [0.2, 0.25) is 0 Å². The summed E-state index contributed by atoms with van der Waals surface area (Å²) in [7, 11) is 0. The molecule has 10 heteroatoms. The Morgan fingerprint density at radius 2 is 1.18 bits per heavy atom. The van der Waals surface area contributed by atoms with E-state index in [-0.39, 0.29) is 11.3 Å². The normalized spacial score (nSPS) is 11.0. The topological polar surface area (TPSA) is 116 Å². The summed E-state index contributed by atoms with van der Waals surface area (Å²) in [6.07, 6.45) is 0. The molecule has 0 saturated heterocycles. The summed E-state index contributed by atoms with van der Waals surface area (Å²) in [6, 6.07) is 14.7. The van der Waals surface area contributed by atoms with Crippen molar-refractivity contribution in [3.05, 3.63) is 82.2 Å². The summed E-state index contributed by atoms with van der Waals surface area (Å²) in [4.78, 5) is 23.4. The average Bonchev–Trinajstić information content (AvgIpc) is 3.46. The molecular weight excluding hydrogens is 531 g/mol. The molecule has 0 aliphatic carbocycles. The molecule has 2 aromatic heterocycles. The molecule has 0 atom stereocenters. The lowest BCUT2D eigenvalue weighted by atomic mass is 10.1. The largest absolute Gasteiger partial charge is 0.477 e. The molecule has 1 N–H and O–H groups in total. The van der Waals surface area contributed by atoms with Gasteiger partial charge in [-0.1, -0.05) is 58.8 Å². The summed E-state index contributed by atoms with van der Waals surface area (Å²) in [5, 5.41) is 16.6. The van der Waals surface area contributed by atoms with Gasteiger partial charge < -0.3 is 18.9 Å². The Morgan fingerprint density at radius 3 is 1.55 bits per heavy atom. The number of hydrogen-bond acceptors (Lipinski definition) is 7. The zero-order chi connectivity index (χ0) is 28.0. The summed E-state index contributed by atoms with van der Waals surface area (Å²) in [6.45, 7) is 8.79. The molecule has 200 valence electrons. The SMILES string of the molecule is Cc1noc(-c2ccc(CCl)cc2)c1C(=O)O.Cc1noc(-c2ccc(CCl)cc2)c1C(=O)OC(C)(C)C. The predicted octanol–water partition coefficient (Wildman–Crippen LogP) is 7.43. The molecule has 0 saturated carbocycles. The lowest BCUT2D eigenvalue weighted by Gasteiger charge is -2.19. The third kappa shape index (κ3) is 7.02. The van der Waals surface area contributed by atoms with E-state index >= 15 is 0 Å². The van der Waals surface area contributed by atoms with E-state index in [2.05, 4.69) is 10.3 Å². The molecule has 0 aliphatic heterocycles. The van der Waals surface area contributed by atoms with Gasteiger partial charge in [0.25, 0.3) is 0 Å². The number of benzene rings is 2. The molecule has 0 unspecified atom stereocenters. The molecule has 0 aliphatic rings. The summed E-state index contributed by atoms with van der Waals surface area (Å²) < 4.78 is 15.8. The van der Waals surface area contributed by atoms with Gasteiger partial charge in [-0.05, 0) is 45.7 Å². The monoisotopic (exact) mass is 558 g/mol. The number of ether oxygens (including phenoxy) is 1. The van der Waals surface area contributed by atoms with Crippen LogP contribution in [0, 0.1) is 13.8 Å². The van der Waals surface area contributed by atoms with Gasteiger partial charge in [0, 0.05) is 22.9 Å². The van der Waals surface area contributed by atoms with Crippen molar-refractivity contribution < 1.29 is 28.5 Å². The number of aromatic nitrogens is 2. The van der Waals surface area contributed by atoms with Gasteiger partial charge in [0.15, 0.2) is 11.5 Å². The fourth-order valence-corrected chi connectivity index (χ4v) is 3.80. The Labute approximate surface area is 230 Å². The van der Waals surface area contributed by atoms with Crippen LogP contribution < -0.4 is 0 Å². The van der Waals surface area contributed by atoms with E-state index in [9.17, 15) is 9.59 Å². The first-order chi connectivity index (χ1) is 17.9. The van der Waals surface area contributed by atoms with Gasteiger partial charge in [0.05, 0.1) is 11.4 Å². The highest BCUT2D eigenvalue weighted by Crippen LogP contribution is 2.29. The molecule has 0 bridgehead atoms. The highest BCUT2D eigenvalue weighted by Gasteiger charge is 2.27. The molecule has 0 spiro atoms. The molecule has 38 heavy (non-hydrogen) atoms. The summed E-state index contributed by atoms with van der Waals surface area (Å²) >= 11 is 11.5. The van der Waals surface area contributed by atoms with Crippen molar-refractivity contribution in [2.24, 2.45) is 0 Å². The minimum Gasteiger partial charge on any atom is -0.477 e. The maximum absolute atomic E-state index is 12.3. The molecular formula is C28H28Cl2N2O6. The summed E-state index contributed by atoms with van der Waals surface area (Å²) in [5.74, 6) is 0.0766. The van der Waals surface area contributed by atoms with Crippen molar-refractivity contribution in [2.45, 2.75) is 52.0 Å². The number of rotatable bonds is 6. The van der Waals surface area contributed by atoms with Crippen molar-refractivity contribution in [1.82, 2.24) is 10.3 Å². The number of carbonyl (C=O) groups is 2. The smallest absolute Gasteiger partial charge is 0.344 e. The van der Waals surface area contributed by atoms with E-state index < -0.39 is 17.5 Å². The van der Waals surface area contributed by atoms with Crippen LogP contribution in [-0.4, -0.2) is 33.0 Å². The first-order valence-electron chi connectivity index (χ1n) is 11.6. The van der Waals surface area contributed by atoms with Gasteiger partial charge in [-0.3, -0.25) is 0 Å². The number of alkyl halides is 2. The number of carboxylic acid groups (broad SMARTS) is 1. The fourth-order valence-electron chi connectivity index (χ4n) is 3.45. The van der Waals surface area contributed by atoms with Crippen molar-refractivity contribution in [2.75, 3.05) is 0 Å². The minimum absolute atomic E-state index is 0.101. The Morgan fingerprint density at radius 1 is 0.789 bits per heavy atom. The van der Waals surface area contributed by atoms with Crippen molar-refractivity contribution in [3.8, 4) is 22.6 Å². The van der Waals surface area contributed by atoms with E-state index in [1.54, 1.807) is 26.0 Å². The fraction of sp³-hybridized carbons (Fsp3) is 0.286. The zero-order valence-electron chi connectivity index (χ0n) is 21.7. The number of aryl methyl sites for hydroxylation is 2. The molecule has 0 amide bonds. The molecule has 8 nitrogen and oxygen atoms in total. The number of esters is 1. The molecule has 0 radical (unpaired) electrons. The van der Waals surface area contributed by atoms with Crippen LogP contribution in [0.4, 0.5) is 0 Å². The number of carboxylic acids is 1. The average molecular weight is 559 g/mol. The summed E-state index contributed by atoms with van der Waals surface area (Å²) in [5.41, 5.74) is 4.18. The van der Waals surface area contributed by atoms with Gasteiger partial charge in [0.1, 0.15) is 16.7 Å². The number of carbonyl (C=O) groups excluding carboxylic acids is 1. The van der Waals surface area contributed by atoms with Crippen LogP contribution in [-0.2, 0) is 16.5 Å². The highest BCUT2D eigenvalue weighted by molar-refractivity contribution is 6.17. The lowest BCUT2D eigenvalue weighted by Crippen LogP contribution is -2.24. The maximum Gasteiger partial charge on any atom is 0.344 e. The first-order valence-corrected chi connectivity index (χ1v) is 12.7. The van der Waals surface area contributed by atoms with Gasteiger partial charge in [-0.2, -0.15) is 0 Å². The van der Waals surface area contributed by atoms with Gasteiger partial charge in [-0.15, -0.1) is 23.2 Å².